The number of hydrogen-bond acceptors (Lipinski definition) is 7. The summed E-state index contributed by atoms with van der Waals surface area (Å²) in [7, 11) is 3.05. The number of thioether (sulfide) groups is 1. The first-order valence-corrected chi connectivity index (χ1v) is 15.9. The molecule has 9 nitrogen and oxygen atoms in total. The molecule has 0 saturated heterocycles. The molecule has 0 saturated carbocycles. The summed E-state index contributed by atoms with van der Waals surface area (Å²) in [6.07, 6.45) is 2.99. The third-order valence-corrected chi connectivity index (χ3v) is 8.40. The van der Waals surface area contributed by atoms with Gasteiger partial charge in [0.1, 0.15) is 28.3 Å². The summed E-state index contributed by atoms with van der Waals surface area (Å²) in [6.45, 7) is 0. The Labute approximate surface area is 287 Å². The van der Waals surface area contributed by atoms with E-state index in [1.807, 2.05) is 36.4 Å². The number of pyridine rings is 1. The molecule has 242 valence electrons. The van der Waals surface area contributed by atoms with Crippen molar-refractivity contribution in [1.29, 1.82) is 0 Å². The van der Waals surface area contributed by atoms with Crippen molar-refractivity contribution in [3.63, 3.8) is 0 Å². The zero-order valence-electron chi connectivity index (χ0n) is 26.0. The number of carbonyl (C=O) groups excluding carboxylic acids is 3. The third kappa shape index (κ3) is 9.03. The van der Waals surface area contributed by atoms with Crippen LogP contribution >= 0.6 is 23.4 Å². The van der Waals surface area contributed by atoms with E-state index >= 15 is 0 Å². The number of benzene rings is 4. The maximum atomic E-state index is 13.8. The first-order valence-electron chi connectivity index (χ1n) is 14.7. The fourth-order valence-electron chi connectivity index (χ4n) is 4.57. The smallest absolute Gasteiger partial charge is 0.272 e. The minimum Gasteiger partial charge on any atom is -0.497 e. The van der Waals surface area contributed by atoms with Gasteiger partial charge in [-0.2, -0.15) is 0 Å². The van der Waals surface area contributed by atoms with Crippen LogP contribution in [0.1, 0.15) is 26.7 Å². The minimum atomic E-state index is -0.643. The highest BCUT2D eigenvalue weighted by molar-refractivity contribution is 8.00. The molecule has 5 aromatic rings. The van der Waals surface area contributed by atoms with Gasteiger partial charge in [-0.05, 0) is 72.3 Å². The summed E-state index contributed by atoms with van der Waals surface area (Å²) in [5.74, 6) is 0.0813. The van der Waals surface area contributed by atoms with Crippen LogP contribution in [0.2, 0.25) is 5.02 Å². The van der Waals surface area contributed by atoms with Crippen LogP contribution in [0.5, 0.6) is 11.5 Å². The van der Waals surface area contributed by atoms with E-state index in [-0.39, 0.29) is 11.6 Å². The molecule has 0 spiro atoms. The summed E-state index contributed by atoms with van der Waals surface area (Å²) in [5.41, 5.74) is 2.11. The van der Waals surface area contributed by atoms with Crippen molar-refractivity contribution < 1.29 is 23.9 Å². The molecular formula is C37H31ClN4O5S. The minimum absolute atomic E-state index is 0.0227. The molecule has 0 fully saturated rings. The Morgan fingerprint density at radius 2 is 1.56 bits per heavy atom. The van der Waals surface area contributed by atoms with Gasteiger partial charge in [-0.1, -0.05) is 66.2 Å². The standard InChI is InChI=1S/C37H31ClN4O5S/c1-46-29-17-18-32(47-2)26(20-29)21-31(41-35(43)25-12-7-4-8-13-25)36(44)40-28-14-9-15-30(22-28)48-34(24-10-5-3-6-11-24)37(45)42-33-19-16-27(38)23-39-33/h3-23,34H,1-2H3,(H,40,44)(H,41,43)(H,39,42,45)/b31-21+. The van der Waals surface area contributed by atoms with Crippen molar-refractivity contribution in [2.45, 2.75) is 10.1 Å². The van der Waals surface area contributed by atoms with E-state index in [1.54, 1.807) is 78.9 Å². The Morgan fingerprint density at radius 3 is 2.25 bits per heavy atom. The van der Waals surface area contributed by atoms with Gasteiger partial charge in [0.25, 0.3) is 11.8 Å². The Hall–Kier alpha value is -5.58. The number of nitrogens with zero attached hydrogens (tertiary/aromatic N) is 1. The average Bonchev–Trinajstić information content (AvgIpc) is 3.12. The number of aromatic nitrogens is 1. The number of amides is 3. The van der Waals surface area contributed by atoms with Gasteiger partial charge in [-0.25, -0.2) is 4.98 Å². The molecule has 3 N–H and O–H groups in total. The second-order valence-corrected chi connectivity index (χ2v) is 11.8. The van der Waals surface area contributed by atoms with Crippen molar-refractivity contribution in [1.82, 2.24) is 10.3 Å². The molecular weight excluding hydrogens is 648 g/mol. The number of rotatable bonds is 12. The number of halogens is 1. The molecule has 48 heavy (non-hydrogen) atoms. The van der Waals surface area contributed by atoms with E-state index in [2.05, 4.69) is 20.9 Å². The van der Waals surface area contributed by atoms with Crippen molar-refractivity contribution >= 4 is 58.7 Å². The van der Waals surface area contributed by atoms with Gasteiger partial charge in [-0.3, -0.25) is 14.4 Å². The highest BCUT2D eigenvalue weighted by Gasteiger charge is 2.23. The molecule has 1 heterocycles. The van der Waals surface area contributed by atoms with Gasteiger partial charge in [0.15, 0.2) is 0 Å². The summed E-state index contributed by atoms with van der Waals surface area (Å²) >= 11 is 7.27. The molecule has 0 aliphatic rings. The Bertz CT molecular complexity index is 1920. The molecule has 1 aromatic heterocycles. The maximum absolute atomic E-state index is 13.8. The van der Waals surface area contributed by atoms with Gasteiger partial charge in [0.05, 0.1) is 19.2 Å². The predicted octanol–water partition coefficient (Wildman–Crippen LogP) is 7.63. The zero-order chi connectivity index (χ0) is 33.9. The van der Waals surface area contributed by atoms with Gasteiger partial charge >= 0.3 is 0 Å². The van der Waals surface area contributed by atoms with Crippen LogP contribution in [0.25, 0.3) is 6.08 Å². The normalized spacial score (nSPS) is 11.6. The lowest BCUT2D eigenvalue weighted by atomic mass is 10.1. The molecule has 0 bridgehead atoms. The topological polar surface area (TPSA) is 119 Å². The van der Waals surface area contributed by atoms with E-state index in [0.29, 0.717) is 44.0 Å². The fraction of sp³-hybridized carbons (Fsp3) is 0.0811. The monoisotopic (exact) mass is 678 g/mol. The van der Waals surface area contributed by atoms with Crippen LogP contribution in [0.4, 0.5) is 11.5 Å². The summed E-state index contributed by atoms with van der Waals surface area (Å²) in [6, 6.07) is 33.5. The van der Waals surface area contributed by atoms with E-state index < -0.39 is 17.1 Å². The van der Waals surface area contributed by atoms with Crippen LogP contribution in [0.15, 0.2) is 132 Å². The molecule has 3 amide bonds. The first kappa shape index (κ1) is 33.8. The fourth-order valence-corrected chi connectivity index (χ4v) is 5.77. The molecule has 11 heteroatoms. The summed E-state index contributed by atoms with van der Waals surface area (Å²) < 4.78 is 10.9. The van der Waals surface area contributed by atoms with Crippen LogP contribution < -0.4 is 25.4 Å². The lowest BCUT2D eigenvalue weighted by molar-refractivity contribution is -0.116. The molecule has 1 unspecified atom stereocenters. The summed E-state index contributed by atoms with van der Waals surface area (Å²) in [5, 5.41) is 8.30. The predicted molar refractivity (Wildman–Crippen MR) is 189 cm³/mol. The molecule has 0 radical (unpaired) electrons. The van der Waals surface area contributed by atoms with E-state index in [0.717, 1.165) is 5.56 Å². The highest BCUT2D eigenvalue weighted by Crippen LogP contribution is 2.37. The second-order valence-electron chi connectivity index (χ2n) is 10.2. The number of methoxy groups -OCH3 is 2. The van der Waals surface area contributed by atoms with E-state index in [4.69, 9.17) is 21.1 Å². The molecule has 0 aliphatic heterocycles. The Balaban J connectivity index is 1.41. The Kier molecular flexibility index (Phi) is 11.5. The van der Waals surface area contributed by atoms with Crippen molar-refractivity contribution in [2.24, 2.45) is 0 Å². The SMILES string of the molecule is COc1ccc(OC)c(/C=C(/NC(=O)c2ccccc2)C(=O)Nc2cccc(SC(C(=O)Nc3ccc(Cl)cn3)c3ccccc3)c2)c1. The van der Waals surface area contributed by atoms with Gasteiger partial charge < -0.3 is 25.4 Å². The largest absolute Gasteiger partial charge is 0.497 e. The van der Waals surface area contributed by atoms with Crippen LogP contribution in [0.3, 0.4) is 0 Å². The van der Waals surface area contributed by atoms with Crippen molar-refractivity contribution in [3.05, 3.63) is 149 Å². The number of anilines is 2. The van der Waals surface area contributed by atoms with Gasteiger partial charge in [0.2, 0.25) is 5.91 Å². The van der Waals surface area contributed by atoms with Gasteiger partial charge in [-0.15, -0.1) is 11.8 Å². The molecule has 1 atom stereocenters. The second kappa shape index (κ2) is 16.3. The van der Waals surface area contributed by atoms with Crippen molar-refractivity contribution in [3.8, 4) is 11.5 Å². The van der Waals surface area contributed by atoms with Gasteiger partial charge in [0, 0.05) is 27.9 Å². The highest BCUT2D eigenvalue weighted by atomic mass is 35.5. The number of nitrogens with one attached hydrogen (secondary N) is 3. The maximum Gasteiger partial charge on any atom is 0.272 e. The Morgan fingerprint density at radius 1 is 0.812 bits per heavy atom. The quantitative estimate of drug-likeness (QED) is 0.0917. The lowest BCUT2D eigenvalue weighted by Crippen LogP contribution is -2.30. The third-order valence-electron chi connectivity index (χ3n) is 6.93. The summed E-state index contributed by atoms with van der Waals surface area (Å²) in [4.78, 5) is 45.3. The first-order chi connectivity index (χ1) is 23.3. The average molecular weight is 679 g/mol. The van der Waals surface area contributed by atoms with E-state index in [1.165, 1.54) is 38.3 Å². The van der Waals surface area contributed by atoms with Crippen molar-refractivity contribution in [2.75, 3.05) is 24.9 Å². The molecule has 4 aromatic carbocycles. The number of carbonyl (C=O) groups is 3. The lowest BCUT2D eigenvalue weighted by Gasteiger charge is -2.18. The van der Waals surface area contributed by atoms with Crippen LogP contribution in [-0.4, -0.2) is 36.9 Å². The molecule has 5 rings (SSSR count). The zero-order valence-corrected chi connectivity index (χ0v) is 27.5. The van der Waals surface area contributed by atoms with E-state index in [9.17, 15) is 14.4 Å². The van der Waals surface area contributed by atoms with Crippen LogP contribution in [-0.2, 0) is 9.59 Å². The molecule has 0 aliphatic carbocycles. The number of ether oxygens (including phenoxy) is 2. The van der Waals surface area contributed by atoms with Crippen LogP contribution in [0, 0.1) is 0 Å². The number of hydrogen-bond donors (Lipinski definition) is 3.